The van der Waals surface area contributed by atoms with Gasteiger partial charge in [0.05, 0.1) is 11.4 Å². The Balaban J connectivity index is 1.82. The number of para-hydroxylation sites is 1. The Bertz CT molecular complexity index is 894. The molecule has 142 valence electrons. The van der Waals surface area contributed by atoms with Crippen LogP contribution in [-0.4, -0.2) is 48.7 Å². The number of sulfonamides is 1. The van der Waals surface area contributed by atoms with Crippen LogP contribution in [0.4, 0.5) is 10.1 Å². The van der Waals surface area contributed by atoms with Crippen molar-refractivity contribution in [2.75, 3.05) is 31.1 Å². The third-order valence-electron chi connectivity index (χ3n) is 4.56. The van der Waals surface area contributed by atoms with Gasteiger partial charge in [-0.05, 0) is 12.1 Å². The Labute approximate surface area is 154 Å². The van der Waals surface area contributed by atoms with Crippen LogP contribution in [0.1, 0.15) is 26.5 Å². The van der Waals surface area contributed by atoms with E-state index in [0.717, 1.165) is 0 Å². The summed E-state index contributed by atoms with van der Waals surface area (Å²) in [5.41, 5.74) is 0.705. The molecule has 0 atom stereocenters. The SMILES string of the molecule is Cn1cc(S(=O)(=O)N2CCN(c3ccccc3F)CC2)c(C(C)(C)C)n1. The highest BCUT2D eigenvalue weighted by Crippen LogP contribution is 2.30. The molecule has 1 aromatic heterocycles. The smallest absolute Gasteiger partial charge is 0.246 e. The predicted octanol–water partition coefficient (Wildman–Crippen LogP) is 2.37. The largest absolute Gasteiger partial charge is 0.367 e. The first-order chi connectivity index (χ1) is 12.1. The van der Waals surface area contributed by atoms with E-state index in [1.54, 1.807) is 36.1 Å². The van der Waals surface area contributed by atoms with Crippen LogP contribution >= 0.6 is 0 Å². The molecule has 8 heteroatoms. The van der Waals surface area contributed by atoms with Gasteiger partial charge in [0, 0.05) is 44.8 Å². The summed E-state index contributed by atoms with van der Waals surface area (Å²) in [6.45, 7) is 7.38. The number of anilines is 1. The third-order valence-corrected chi connectivity index (χ3v) is 6.45. The van der Waals surface area contributed by atoms with Crippen molar-refractivity contribution in [3.05, 3.63) is 42.0 Å². The molecular weight excluding hydrogens is 355 g/mol. The third kappa shape index (κ3) is 3.48. The molecule has 1 saturated heterocycles. The maximum absolute atomic E-state index is 14.0. The van der Waals surface area contributed by atoms with E-state index in [4.69, 9.17) is 0 Å². The van der Waals surface area contributed by atoms with Gasteiger partial charge in [0.25, 0.3) is 0 Å². The fourth-order valence-electron chi connectivity index (χ4n) is 3.19. The summed E-state index contributed by atoms with van der Waals surface area (Å²) in [4.78, 5) is 2.14. The Morgan fingerprint density at radius 1 is 1.08 bits per heavy atom. The molecule has 0 N–H and O–H groups in total. The molecule has 0 radical (unpaired) electrons. The van der Waals surface area contributed by atoms with Gasteiger partial charge in [-0.2, -0.15) is 9.40 Å². The second kappa shape index (κ2) is 6.66. The highest BCUT2D eigenvalue weighted by molar-refractivity contribution is 7.89. The standard InChI is InChI=1S/C18H25FN4O2S/c1-18(2,3)17-16(13-21(4)20-17)26(24,25)23-11-9-22(10-12-23)15-8-6-5-7-14(15)19/h5-8,13H,9-12H2,1-4H3. The predicted molar refractivity (Wildman–Crippen MR) is 99.3 cm³/mol. The zero-order valence-corrected chi connectivity index (χ0v) is 16.4. The lowest BCUT2D eigenvalue weighted by Crippen LogP contribution is -2.49. The summed E-state index contributed by atoms with van der Waals surface area (Å²) in [5, 5.41) is 4.37. The van der Waals surface area contributed by atoms with Gasteiger partial charge >= 0.3 is 0 Å². The van der Waals surface area contributed by atoms with Crippen molar-refractivity contribution >= 4 is 15.7 Å². The van der Waals surface area contributed by atoms with Crippen LogP contribution in [0.5, 0.6) is 0 Å². The lowest BCUT2D eigenvalue weighted by Gasteiger charge is -2.35. The second-order valence-electron chi connectivity index (χ2n) is 7.61. The van der Waals surface area contributed by atoms with E-state index in [-0.39, 0.29) is 16.1 Å². The first-order valence-electron chi connectivity index (χ1n) is 8.64. The molecule has 1 fully saturated rings. The summed E-state index contributed by atoms with van der Waals surface area (Å²) in [6, 6.07) is 6.57. The fraction of sp³-hybridized carbons (Fsp3) is 0.500. The van der Waals surface area contributed by atoms with Crippen LogP contribution in [0.2, 0.25) is 0 Å². The van der Waals surface area contributed by atoms with Gasteiger partial charge in [0.15, 0.2) is 0 Å². The number of aromatic nitrogens is 2. The highest BCUT2D eigenvalue weighted by atomic mass is 32.2. The molecule has 0 spiro atoms. The number of piperazine rings is 1. The number of halogens is 1. The zero-order valence-electron chi connectivity index (χ0n) is 15.6. The Hall–Kier alpha value is -1.93. The average molecular weight is 380 g/mol. The number of benzene rings is 1. The number of nitrogens with zero attached hydrogens (tertiary/aromatic N) is 4. The quantitative estimate of drug-likeness (QED) is 0.820. The van der Waals surface area contributed by atoms with Gasteiger partial charge in [-0.1, -0.05) is 32.9 Å². The fourth-order valence-corrected chi connectivity index (χ4v) is 4.99. The van der Waals surface area contributed by atoms with Crippen LogP contribution in [0, 0.1) is 5.82 Å². The zero-order chi connectivity index (χ0) is 19.1. The molecule has 6 nitrogen and oxygen atoms in total. The van der Waals surface area contributed by atoms with Crippen molar-refractivity contribution < 1.29 is 12.8 Å². The van der Waals surface area contributed by atoms with E-state index < -0.39 is 10.0 Å². The molecule has 0 unspecified atom stereocenters. The number of rotatable bonds is 3. The molecular formula is C18H25FN4O2S. The molecule has 1 aliphatic rings. The van der Waals surface area contributed by atoms with E-state index in [1.165, 1.54) is 10.4 Å². The van der Waals surface area contributed by atoms with Crippen LogP contribution in [0.25, 0.3) is 0 Å². The molecule has 1 aromatic carbocycles. The van der Waals surface area contributed by atoms with Gasteiger partial charge in [-0.15, -0.1) is 0 Å². The Morgan fingerprint density at radius 2 is 1.69 bits per heavy atom. The van der Waals surface area contributed by atoms with Crippen molar-refractivity contribution in [3.8, 4) is 0 Å². The van der Waals surface area contributed by atoms with Gasteiger partial charge in [-0.3, -0.25) is 4.68 Å². The van der Waals surface area contributed by atoms with E-state index in [9.17, 15) is 12.8 Å². The van der Waals surface area contributed by atoms with Crippen molar-refractivity contribution in [2.24, 2.45) is 7.05 Å². The van der Waals surface area contributed by atoms with E-state index in [2.05, 4.69) is 5.10 Å². The molecule has 0 amide bonds. The molecule has 2 heterocycles. The minimum atomic E-state index is -3.64. The van der Waals surface area contributed by atoms with Crippen molar-refractivity contribution in [1.82, 2.24) is 14.1 Å². The first-order valence-corrected chi connectivity index (χ1v) is 10.1. The highest BCUT2D eigenvalue weighted by Gasteiger charge is 2.35. The molecule has 0 bridgehead atoms. The van der Waals surface area contributed by atoms with Gasteiger partial charge in [0.1, 0.15) is 10.7 Å². The molecule has 3 rings (SSSR count). The first kappa shape index (κ1) is 18.8. The van der Waals surface area contributed by atoms with Crippen LogP contribution in [0.3, 0.4) is 0 Å². The summed E-state index contributed by atoms with van der Waals surface area (Å²) in [5.74, 6) is -0.286. The summed E-state index contributed by atoms with van der Waals surface area (Å²) < 4.78 is 43.3. The minimum absolute atomic E-state index is 0.256. The number of hydrogen-bond acceptors (Lipinski definition) is 4. The molecule has 26 heavy (non-hydrogen) atoms. The molecule has 1 aliphatic heterocycles. The second-order valence-corrected chi connectivity index (χ2v) is 9.51. The van der Waals surface area contributed by atoms with Gasteiger partial charge in [-0.25, -0.2) is 12.8 Å². The molecule has 0 aliphatic carbocycles. The Morgan fingerprint density at radius 3 is 2.27 bits per heavy atom. The van der Waals surface area contributed by atoms with Crippen molar-refractivity contribution in [2.45, 2.75) is 31.1 Å². The van der Waals surface area contributed by atoms with Crippen LogP contribution in [0.15, 0.2) is 35.4 Å². The topological polar surface area (TPSA) is 58.4 Å². The average Bonchev–Trinajstić information content (AvgIpc) is 2.99. The maximum atomic E-state index is 14.0. The van der Waals surface area contributed by atoms with E-state index in [0.29, 0.717) is 37.6 Å². The van der Waals surface area contributed by atoms with Crippen LogP contribution < -0.4 is 4.90 Å². The lowest BCUT2D eigenvalue weighted by molar-refractivity contribution is 0.381. The van der Waals surface area contributed by atoms with Gasteiger partial charge in [0.2, 0.25) is 10.0 Å². The summed E-state index contributed by atoms with van der Waals surface area (Å²) in [7, 11) is -1.91. The monoisotopic (exact) mass is 380 g/mol. The van der Waals surface area contributed by atoms with Crippen molar-refractivity contribution in [3.63, 3.8) is 0 Å². The molecule has 0 saturated carbocycles. The van der Waals surface area contributed by atoms with Gasteiger partial charge < -0.3 is 4.90 Å². The maximum Gasteiger partial charge on any atom is 0.246 e. The number of aryl methyl sites for hydroxylation is 1. The van der Waals surface area contributed by atoms with Crippen LogP contribution in [-0.2, 0) is 22.5 Å². The Kier molecular flexibility index (Phi) is 4.83. The van der Waals surface area contributed by atoms with E-state index >= 15 is 0 Å². The molecule has 2 aromatic rings. The summed E-state index contributed by atoms with van der Waals surface area (Å²) >= 11 is 0. The van der Waals surface area contributed by atoms with E-state index in [1.807, 2.05) is 25.7 Å². The minimum Gasteiger partial charge on any atom is -0.367 e. The van der Waals surface area contributed by atoms with Crippen molar-refractivity contribution in [1.29, 1.82) is 0 Å². The normalized spacial score (nSPS) is 16.9. The lowest BCUT2D eigenvalue weighted by atomic mass is 9.92. The summed E-state index contributed by atoms with van der Waals surface area (Å²) in [6.07, 6.45) is 1.57. The number of hydrogen-bond donors (Lipinski definition) is 0.